The van der Waals surface area contributed by atoms with E-state index in [9.17, 15) is 9.59 Å². The van der Waals surface area contributed by atoms with Crippen molar-refractivity contribution in [3.05, 3.63) is 59.7 Å². The van der Waals surface area contributed by atoms with Gasteiger partial charge in [0.2, 0.25) is 5.91 Å². The van der Waals surface area contributed by atoms with E-state index in [0.29, 0.717) is 23.1 Å². The van der Waals surface area contributed by atoms with Gasteiger partial charge in [0.15, 0.2) is 0 Å². The first-order valence-corrected chi connectivity index (χ1v) is 8.82. The lowest BCUT2D eigenvalue weighted by Crippen LogP contribution is -2.13. The van der Waals surface area contributed by atoms with Crippen molar-refractivity contribution in [2.24, 2.45) is 5.92 Å². The summed E-state index contributed by atoms with van der Waals surface area (Å²) in [6.45, 7) is 1.43. The summed E-state index contributed by atoms with van der Waals surface area (Å²) in [5, 5.41) is 5.57. The maximum absolute atomic E-state index is 12.4. The Morgan fingerprint density at radius 2 is 1.81 bits per heavy atom. The lowest BCUT2D eigenvalue weighted by Gasteiger charge is -2.15. The Morgan fingerprint density at radius 1 is 1.04 bits per heavy atom. The molecule has 0 radical (unpaired) electrons. The van der Waals surface area contributed by atoms with Crippen molar-refractivity contribution in [3.8, 4) is 12.3 Å². The number of carbonyl (C=O) groups excluding carboxylic acids is 2. The van der Waals surface area contributed by atoms with Gasteiger partial charge in [-0.25, -0.2) is 0 Å². The Labute approximate surface area is 154 Å². The monoisotopic (exact) mass is 346 g/mol. The average molecular weight is 346 g/mol. The lowest BCUT2D eigenvalue weighted by atomic mass is 9.89. The fourth-order valence-corrected chi connectivity index (χ4v) is 3.52. The van der Waals surface area contributed by atoms with Crippen LogP contribution in [0.1, 0.15) is 48.0 Å². The molecule has 132 valence electrons. The van der Waals surface area contributed by atoms with Crippen molar-refractivity contribution in [2.75, 3.05) is 10.6 Å². The summed E-state index contributed by atoms with van der Waals surface area (Å²) in [6.07, 6.45) is 9.01. The van der Waals surface area contributed by atoms with E-state index >= 15 is 0 Å². The SMILES string of the molecule is C#C[C@@H]1CCC[C@@H]1c1ccc(NC(=O)c2cccc(NC(C)=O)c2)cc1. The third-order valence-electron chi connectivity index (χ3n) is 4.77. The molecule has 2 aromatic rings. The smallest absolute Gasteiger partial charge is 0.255 e. The molecular weight excluding hydrogens is 324 g/mol. The quantitative estimate of drug-likeness (QED) is 0.806. The summed E-state index contributed by atoms with van der Waals surface area (Å²) in [5.41, 5.74) is 3.06. The standard InChI is InChI=1S/C22H22N2O2/c1-3-16-6-5-9-21(16)17-10-12-19(13-11-17)24-22(26)18-7-4-8-20(14-18)23-15(2)25/h1,4,7-8,10-14,16,21H,5-6,9H2,2H3,(H,23,25)(H,24,26)/t16-,21+/m1/s1. The van der Waals surface area contributed by atoms with Crippen LogP contribution in [0.4, 0.5) is 11.4 Å². The van der Waals surface area contributed by atoms with Crippen LogP contribution in [0.2, 0.25) is 0 Å². The molecule has 26 heavy (non-hydrogen) atoms. The molecule has 1 aliphatic carbocycles. The second-order valence-corrected chi connectivity index (χ2v) is 6.65. The maximum atomic E-state index is 12.4. The zero-order valence-electron chi connectivity index (χ0n) is 14.8. The molecule has 4 nitrogen and oxygen atoms in total. The highest BCUT2D eigenvalue weighted by molar-refractivity contribution is 6.05. The molecule has 0 saturated heterocycles. The van der Waals surface area contributed by atoms with E-state index < -0.39 is 0 Å². The van der Waals surface area contributed by atoms with Crippen LogP contribution in [0.15, 0.2) is 48.5 Å². The molecular formula is C22H22N2O2. The van der Waals surface area contributed by atoms with Gasteiger partial charge in [-0.2, -0.15) is 0 Å². The number of carbonyl (C=O) groups is 2. The molecule has 0 heterocycles. The molecule has 2 atom stereocenters. The van der Waals surface area contributed by atoms with Crippen molar-refractivity contribution in [1.82, 2.24) is 0 Å². The molecule has 4 heteroatoms. The third kappa shape index (κ3) is 4.12. The second kappa shape index (κ2) is 7.88. The summed E-state index contributed by atoms with van der Waals surface area (Å²) in [7, 11) is 0. The number of hydrogen-bond acceptors (Lipinski definition) is 2. The number of amides is 2. The molecule has 0 aliphatic heterocycles. The van der Waals surface area contributed by atoms with Gasteiger partial charge in [-0.05, 0) is 54.7 Å². The van der Waals surface area contributed by atoms with Crippen molar-refractivity contribution in [2.45, 2.75) is 32.1 Å². The summed E-state index contributed by atoms with van der Waals surface area (Å²) in [6, 6.07) is 14.8. The summed E-state index contributed by atoms with van der Waals surface area (Å²) in [5.74, 6) is 3.24. The molecule has 0 unspecified atom stereocenters. The Balaban J connectivity index is 1.68. The largest absolute Gasteiger partial charge is 0.326 e. The summed E-state index contributed by atoms with van der Waals surface area (Å²) >= 11 is 0. The van der Waals surface area contributed by atoms with Gasteiger partial charge in [0.05, 0.1) is 0 Å². The molecule has 1 fully saturated rings. The average Bonchev–Trinajstić information content (AvgIpc) is 3.11. The number of anilines is 2. The van der Waals surface area contributed by atoms with Crippen LogP contribution >= 0.6 is 0 Å². The van der Waals surface area contributed by atoms with Gasteiger partial charge in [0.25, 0.3) is 5.91 Å². The topological polar surface area (TPSA) is 58.2 Å². The molecule has 3 rings (SSSR count). The van der Waals surface area contributed by atoms with Crippen molar-refractivity contribution in [3.63, 3.8) is 0 Å². The van der Waals surface area contributed by atoms with E-state index in [4.69, 9.17) is 6.42 Å². The van der Waals surface area contributed by atoms with Crippen molar-refractivity contribution >= 4 is 23.2 Å². The van der Waals surface area contributed by atoms with Gasteiger partial charge < -0.3 is 10.6 Å². The van der Waals surface area contributed by atoms with Crippen LogP contribution in [0.25, 0.3) is 0 Å². The van der Waals surface area contributed by atoms with Crippen LogP contribution in [-0.2, 0) is 4.79 Å². The number of benzene rings is 2. The Bertz CT molecular complexity index is 849. The van der Waals surface area contributed by atoms with Gasteiger partial charge in [-0.15, -0.1) is 12.3 Å². The van der Waals surface area contributed by atoms with E-state index in [0.717, 1.165) is 18.5 Å². The Morgan fingerprint density at radius 3 is 2.50 bits per heavy atom. The van der Waals surface area contributed by atoms with E-state index in [1.54, 1.807) is 24.3 Å². The van der Waals surface area contributed by atoms with Gasteiger partial charge in [-0.3, -0.25) is 9.59 Å². The highest BCUT2D eigenvalue weighted by Crippen LogP contribution is 2.39. The first kappa shape index (κ1) is 17.8. The fraction of sp³-hybridized carbons (Fsp3) is 0.273. The minimum absolute atomic E-state index is 0.171. The van der Waals surface area contributed by atoms with Crippen LogP contribution in [0.5, 0.6) is 0 Å². The van der Waals surface area contributed by atoms with Crippen LogP contribution < -0.4 is 10.6 Å². The van der Waals surface area contributed by atoms with Crippen molar-refractivity contribution < 1.29 is 9.59 Å². The van der Waals surface area contributed by atoms with Crippen LogP contribution in [0, 0.1) is 18.3 Å². The van der Waals surface area contributed by atoms with Gasteiger partial charge >= 0.3 is 0 Å². The molecule has 2 N–H and O–H groups in total. The zero-order chi connectivity index (χ0) is 18.5. The van der Waals surface area contributed by atoms with E-state index in [-0.39, 0.29) is 11.8 Å². The number of rotatable bonds is 4. The molecule has 0 aromatic heterocycles. The number of hydrogen-bond donors (Lipinski definition) is 2. The van der Waals surface area contributed by atoms with E-state index in [2.05, 4.69) is 16.6 Å². The van der Waals surface area contributed by atoms with Crippen molar-refractivity contribution in [1.29, 1.82) is 0 Å². The van der Waals surface area contributed by atoms with Gasteiger partial charge in [0, 0.05) is 29.8 Å². The normalized spacial score (nSPS) is 18.8. The molecule has 2 aromatic carbocycles. The number of nitrogens with one attached hydrogen (secondary N) is 2. The highest BCUT2D eigenvalue weighted by Gasteiger charge is 2.26. The Kier molecular flexibility index (Phi) is 5.38. The minimum Gasteiger partial charge on any atom is -0.326 e. The Hall–Kier alpha value is -3.06. The molecule has 0 bridgehead atoms. The fourth-order valence-electron chi connectivity index (χ4n) is 3.52. The minimum atomic E-state index is -0.215. The molecule has 1 aliphatic rings. The first-order chi connectivity index (χ1) is 12.6. The van der Waals surface area contributed by atoms with E-state index in [1.165, 1.54) is 18.9 Å². The van der Waals surface area contributed by atoms with Gasteiger partial charge in [-0.1, -0.05) is 24.6 Å². The second-order valence-electron chi connectivity index (χ2n) is 6.65. The summed E-state index contributed by atoms with van der Waals surface area (Å²) in [4.78, 5) is 23.6. The van der Waals surface area contributed by atoms with Crippen LogP contribution in [-0.4, -0.2) is 11.8 Å². The van der Waals surface area contributed by atoms with Crippen LogP contribution in [0.3, 0.4) is 0 Å². The third-order valence-corrected chi connectivity index (χ3v) is 4.77. The maximum Gasteiger partial charge on any atom is 0.255 e. The molecule has 1 saturated carbocycles. The molecule has 2 amide bonds. The number of terminal acetylenes is 1. The van der Waals surface area contributed by atoms with E-state index in [1.807, 2.05) is 24.3 Å². The zero-order valence-corrected chi connectivity index (χ0v) is 14.8. The first-order valence-electron chi connectivity index (χ1n) is 8.82. The predicted molar refractivity (Wildman–Crippen MR) is 104 cm³/mol. The van der Waals surface area contributed by atoms with Gasteiger partial charge in [0.1, 0.15) is 0 Å². The lowest BCUT2D eigenvalue weighted by molar-refractivity contribution is -0.114. The molecule has 0 spiro atoms. The predicted octanol–water partition coefficient (Wildman–Crippen LogP) is 4.41. The highest BCUT2D eigenvalue weighted by atomic mass is 16.2. The summed E-state index contributed by atoms with van der Waals surface area (Å²) < 4.78 is 0.